The molecule has 3 N–H and O–H groups in total. The zero-order valence-corrected chi connectivity index (χ0v) is 16.1. The summed E-state index contributed by atoms with van der Waals surface area (Å²) >= 11 is 1.86. The molecule has 1 aromatic carbocycles. The van der Waals surface area contributed by atoms with Crippen molar-refractivity contribution in [2.24, 2.45) is 0 Å². The minimum atomic E-state index is -0.561. The highest BCUT2D eigenvalue weighted by atomic mass is 32.2. The van der Waals surface area contributed by atoms with Gasteiger partial charge in [-0.1, -0.05) is 6.07 Å². The van der Waals surface area contributed by atoms with Crippen LogP contribution in [0.15, 0.2) is 24.3 Å². The average Bonchev–Trinajstić information content (AvgIpc) is 3.17. The Morgan fingerprint density at radius 3 is 2.88 bits per heavy atom. The number of benzene rings is 1. The normalized spacial score (nSPS) is 21.3. The van der Waals surface area contributed by atoms with Crippen LogP contribution in [0.3, 0.4) is 0 Å². The third kappa shape index (κ3) is 5.38. The fourth-order valence-corrected chi connectivity index (χ4v) is 4.30. The summed E-state index contributed by atoms with van der Waals surface area (Å²) in [5.74, 6) is 1.76. The van der Waals surface area contributed by atoms with Gasteiger partial charge in [-0.15, -0.1) is 0 Å². The first-order valence-corrected chi connectivity index (χ1v) is 10.5. The number of carbonyl (C=O) groups is 2. The Labute approximate surface area is 159 Å². The number of anilines is 2. The minimum Gasteiger partial charge on any atom is -0.371 e. The van der Waals surface area contributed by atoms with Gasteiger partial charge < -0.3 is 20.9 Å². The largest absolute Gasteiger partial charge is 0.371 e. The Morgan fingerprint density at radius 2 is 2.15 bits per heavy atom. The van der Waals surface area contributed by atoms with E-state index in [0.717, 1.165) is 42.5 Å². The van der Waals surface area contributed by atoms with Crippen LogP contribution in [0.25, 0.3) is 0 Å². The lowest BCUT2D eigenvalue weighted by molar-refractivity contribution is -0.126. The highest BCUT2D eigenvalue weighted by Crippen LogP contribution is 2.23. The first kappa shape index (κ1) is 19.0. The summed E-state index contributed by atoms with van der Waals surface area (Å²) in [5, 5.41) is 9.06. The van der Waals surface area contributed by atoms with E-state index in [1.54, 1.807) is 6.92 Å². The van der Waals surface area contributed by atoms with E-state index in [9.17, 15) is 9.59 Å². The van der Waals surface area contributed by atoms with E-state index in [-0.39, 0.29) is 17.9 Å². The molecule has 3 rings (SSSR count). The van der Waals surface area contributed by atoms with E-state index in [0.29, 0.717) is 6.42 Å². The Kier molecular flexibility index (Phi) is 6.80. The van der Waals surface area contributed by atoms with Gasteiger partial charge in [0, 0.05) is 55.0 Å². The molecule has 7 heteroatoms. The number of rotatable bonds is 6. The second kappa shape index (κ2) is 9.28. The van der Waals surface area contributed by atoms with Crippen LogP contribution in [0.5, 0.6) is 0 Å². The lowest BCUT2D eigenvalue weighted by Crippen LogP contribution is -2.46. The molecule has 142 valence electrons. The first-order valence-electron chi connectivity index (χ1n) is 9.38. The molecule has 0 spiro atoms. The summed E-state index contributed by atoms with van der Waals surface area (Å²) in [6.45, 7) is 4.79. The number of nitrogens with zero attached hydrogens (tertiary/aromatic N) is 1. The molecule has 0 radical (unpaired) electrons. The van der Waals surface area contributed by atoms with Crippen molar-refractivity contribution in [3.8, 4) is 0 Å². The third-order valence-electron chi connectivity index (χ3n) is 4.79. The first-order chi connectivity index (χ1) is 12.6. The summed E-state index contributed by atoms with van der Waals surface area (Å²) in [6, 6.07) is 7.55. The van der Waals surface area contributed by atoms with Gasteiger partial charge in [-0.25, -0.2) is 0 Å². The van der Waals surface area contributed by atoms with Crippen LogP contribution in [0.4, 0.5) is 11.4 Å². The molecule has 2 aliphatic heterocycles. The van der Waals surface area contributed by atoms with Crippen molar-refractivity contribution in [1.29, 1.82) is 0 Å². The highest BCUT2D eigenvalue weighted by Gasteiger charge is 2.21. The maximum absolute atomic E-state index is 12.4. The van der Waals surface area contributed by atoms with E-state index >= 15 is 0 Å². The van der Waals surface area contributed by atoms with E-state index in [1.807, 2.05) is 30.0 Å². The van der Waals surface area contributed by atoms with Crippen molar-refractivity contribution in [1.82, 2.24) is 10.6 Å². The number of nitrogens with one attached hydrogen (secondary N) is 3. The summed E-state index contributed by atoms with van der Waals surface area (Å²) in [4.78, 5) is 26.9. The molecule has 0 aromatic heterocycles. The molecule has 2 fully saturated rings. The molecule has 2 unspecified atom stereocenters. The quantitative estimate of drug-likeness (QED) is 0.706. The Morgan fingerprint density at radius 1 is 1.35 bits per heavy atom. The zero-order valence-electron chi connectivity index (χ0n) is 15.3. The van der Waals surface area contributed by atoms with E-state index in [1.165, 1.54) is 12.8 Å². The van der Waals surface area contributed by atoms with Gasteiger partial charge >= 0.3 is 0 Å². The van der Waals surface area contributed by atoms with Gasteiger partial charge in [0.25, 0.3) is 0 Å². The topological polar surface area (TPSA) is 73.5 Å². The number of carbonyl (C=O) groups excluding carboxylic acids is 2. The van der Waals surface area contributed by atoms with Gasteiger partial charge in [0.2, 0.25) is 11.8 Å². The van der Waals surface area contributed by atoms with Gasteiger partial charge in [-0.2, -0.15) is 11.8 Å². The van der Waals surface area contributed by atoms with Crippen LogP contribution >= 0.6 is 11.8 Å². The second-order valence-electron chi connectivity index (χ2n) is 6.95. The van der Waals surface area contributed by atoms with E-state index in [4.69, 9.17) is 0 Å². The van der Waals surface area contributed by atoms with Gasteiger partial charge in [0.1, 0.15) is 6.04 Å². The maximum atomic E-state index is 12.4. The van der Waals surface area contributed by atoms with Crippen molar-refractivity contribution in [2.75, 3.05) is 41.4 Å². The molecule has 2 atom stereocenters. The SMILES string of the molecule is CC(NC(=O)CC1CSCCN1)C(=O)Nc1cccc(N2CCCC2)c1. The van der Waals surface area contributed by atoms with Crippen LogP contribution in [-0.2, 0) is 9.59 Å². The minimum absolute atomic E-state index is 0.0848. The molecule has 2 saturated heterocycles. The number of hydrogen-bond acceptors (Lipinski definition) is 5. The standard InChI is InChI=1S/C19H28N4O2S/c1-14(21-18(24)12-16-13-26-10-7-20-16)19(25)22-15-5-4-6-17(11-15)23-8-2-3-9-23/h4-6,11,14,16,20H,2-3,7-10,12-13H2,1H3,(H,21,24)(H,22,25). The van der Waals surface area contributed by atoms with Crippen molar-refractivity contribution in [3.63, 3.8) is 0 Å². The summed E-state index contributed by atoms with van der Waals surface area (Å²) in [7, 11) is 0. The van der Waals surface area contributed by atoms with Crippen molar-refractivity contribution in [2.45, 2.75) is 38.3 Å². The molecule has 0 bridgehead atoms. The molecule has 1 aromatic rings. The molecular formula is C19H28N4O2S. The molecule has 26 heavy (non-hydrogen) atoms. The predicted molar refractivity (Wildman–Crippen MR) is 108 cm³/mol. The van der Waals surface area contributed by atoms with Gasteiger partial charge in [-0.05, 0) is 38.0 Å². The molecule has 0 aliphatic carbocycles. The van der Waals surface area contributed by atoms with Crippen LogP contribution in [0, 0.1) is 0 Å². The van der Waals surface area contributed by atoms with Crippen molar-refractivity contribution in [3.05, 3.63) is 24.3 Å². The summed E-state index contributed by atoms with van der Waals surface area (Å²) in [6.07, 6.45) is 2.84. The fourth-order valence-electron chi connectivity index (χ4n) is 3.35. The number of amides is 2. The van der Waals surface area contributed by atoms with E-state index < -0.39 is 6.04 Å². The third-order valence-corrected chi connectivity index (χ3v) is 5.92. The van der Waals surface area contributed by atoms with Crippen LogP contribution in [0.2, 0.25) is 0 Å². The number of thioether (sulfide) groups is 1. The Bertz CT molecular complexity index is 628. The van der Waals surface area contributed by atoms with Gasteiger partial charge in [0.05, 0.1) is 0 Å². The Balaban J connectivity index is 1.49. The van der Waals surface area contributed by atoms with E-state index in [2.05, 4.69) is 26.9 Å². The van der Waals surface area contributed by atoms with Crippen LogP contribution in [-0.4, -0.2) is 55.0 Å². The van der Waals surface area contributed by atoms with Crippen LogP contribution < -0.4 is 20.9 Å². The summed E-state index contributed by atoms with van der Waals surface area (Å²) in [5.41, 5.74) is 1.91. The lowest BCUT2D eigenvalue weighted by atomic mass is 10.2. The van der Waals surface area contributed by atoms with Gasteiger partial charge in [-0.3, -0.25) is 9.59 Å². The molecule has 2 amide bonds. The van der Waals surface area contributed by atoms with Crippen LogP contribution in [0.1, 0.15) is 26.2 Å². The van der Waals surface area contributed by atoms with Crippen molar-refractivity contribution < 1.29 is 9.59 Å². The maximum Gasteiger partial charge on any atom is 0.246 e. The molecule has 6 nitrogen and oxygen atoms in total. The van der Waals surface area contributed by atoms with Crippen molar-refractivity contribution >= 4 is 35.0 Å². The number of hydrogen-bond donors (Lipinski definition) is 3. The second-order valence-corrected chi connectivity index (χ2v) is 8.10. The lowest BCUT2D eigenvalue weighted by Gasteiger charge is -2.23. The van der Waals surface area contributed by atoms with Gasteiger partial charge in [0.15, 0.2) is 0 Å². The monoisotopic (exact) mass is 376 g/mol. The molecule has 2 aliphatic rings. The average molecular weight is 377 g/mol. The summed E-state index contributed by atoms with van der Waals surface area (Å²) < 4.78 is 0. The Hall–Kier alpha value is -1.73. The fraction of sp³-hybridized carbons (Fsp3) is 0.579. The molecule has 2 heterocycles. The predicted octanol–water partition coefficient (Wildman–Crippen LogP) is 1.83. The molecular weight excluding hydrogens is 348 g/mol. The zero-order chi connectivity index (χ0) is 18.4. The smallest absolute Gasteiger partial charge is 0.246 e. The molecule has 0 saturated carbocycles. The highest BCUT2D eigenvalue weighted by molar-refractivity contribution is 7.99.